The summed E-state index contributed by atoms with van der Waals surface area (Å²) in [6.45, 7) is 1.79. The van der Waals surface area contributed by atoms with Crippen molar-refractivity contribution in [1.29, 1.82) is 0 Å². The monoisotopic (exact) mass is 525 g/mol. The Hall–Kier alpha value is -3.90. The maximum absolute atomic E-state index is 13.6. The van der Waals surface area contributed by atoms with Gasteiger partial charge < -0.3 is 26.7 Å². The molecule has 198 valence electrons. The van der Waals surface area contributed by atoms with Crippen molar-refractivity contribution in [3.8, 4) is 0 Å². The van der Waals surface area contributed by atoms with Crippen molar-refractivity contribution in [2.45, 2.75) is 57.0 Å². The number of nitrogens with zero attached hydrogens (tertiary/aromatic N) is 1. The van der Waals surface area contributed by atoms with Crippen LogP contribution in [0, 0.1) is 12.7 Å². The fourth-order valence-electron chi connectivity index (χ4n) is 5.03. The molecule has 1 fully saturated rings. The molecule has 8 nitrogen and oxygen atoms in total. The van der Waals surface area contributed by atoms with Gasteiger partial charge >= 0.3 is 0 Å². The number of amides is 2. The number of ketones is 1. The highest BCUT2D eigenvalue weighted by Gasteiger charge is 2.59. The van der Waals surface area contributed by atoms with E-state index >= 15 is 0 Å². The van der Waals surface area contributed by atoms with Crippen molar-refractivity contribution in [3.05, 3.63) is 64.0 Å². The van der Waals surface area contributed by atoms with Gasteiger partial charge in [-0.3, -0.25) is 14.4 Å². The van der Waals surface area contributed by atoms with Crippen molar-refractivity contribution in [1.82, 2.24) is 9.88 Å². The van der Waals surface area contributed by atoms with E-state index in [0.717, 1.165) is 24.4 Å². The largest absolute Gasteiger partial charge is 0.403 e. The number of alkyl halides is 4. The summed E-state index contributed by atoms with van der Waals surface area (Å²) in [4.78, 5) is 39.2. The third-order valence-electron chi connectivity index (χ3n) is 6.75. The molecule has 0 radical (unpaired) electrons. The van der Waals surface area contributed by atoms with Crippen LogP contribution in [0.15, 0.2) is 30.1 Å². The lowest BCUT2D eigenvalue weighted by Crippen LogP contribution is -2.65. The summed E-state index contributed by atoms with van der Waals surface area (Å²) < 4.78 is 68.6. The van der Waals surface area contributed by atoms with Gasteiger partial charge in [0.1, 0.15) is 11.5 Å². The van der Waals surface area contributed by atoms with Gasteiger partial charge in [-0.25, -0.2) is 22.0 Å². The zero-order valence-corrected chi connectivity index (χ0v) is 19.6. The maximum atomic E-state index is 13.6. The van der Waals surface area contributed by atoms with Gasteiger partial charge in [0, 0.05) is 37.0 Å². The smallest absolute Gasteiger partial charge is 0.293 e. The first-order valence-electron chi connectivity index (χ1n) is 11.3. The molecule has 2 amide bonds. The first-order valence-corrected chi connectivity index (χ1v) is 11.3. The fourth-order valence-corrected chi connectivity index (χ4v) is 5.03. The third-order valence-corrected chi connectivity index (χ3v) is 6.75. The zero-order valence-electron chi connectivity index (χ0n) is 19.6. The minimum atomic E-state index is -3.10. The molecule has 4 rings (SSSR count). The zero-order chi connectivity index (χ0) is 27.3. The number of Topliss-reactive ketones (excluding diaryl/α,β-unsaturated/α-hetero) is 1. The van der Waals surface area contributed by atoms with Crippen LogP contribution < -0.4 is 22.1 Å². The van der Waals surface area contributed by atoms with Gasteiger partial charge in [0.15, 0.2) is 0 Å². The summed E-state index contributed by atoms with van der Waals surface area (Å²) in [5.41, 5.74) is 8.80. The standard InChI is InChI=1S/C24H24F5N5O3/c1-11-17(19(35)22(37)33-23(16(31)8-30)9-24(28,29)10-23)15-3-2-6-34(15)18(11)21(36)32-12-4-5-14(25)13(7-12)20(26)27/h4-5,7-8,20H,2-3,6,9-10,30-31H2,1H3,(H,32,36)(H,33,37)/b16-8-. The van der Waals surface area contributed by atoms with Crippen LogP contribution >= 0.6 is 0 Å². The molecule has 1 aliphatic heterocycles. The van der Waals surface area contributed by atoms with E-state index in [2.05, 4.69) is 10.6 Å². The molecule has 1 saturated carbocycles. The second kappa shape index (κ2) is 9.20. The van der Waals surface area contributed by atoms with Gasteiger partial charge in [0.05, 0.1) is 22.4 Å². The number of fused-ring (bicyclic) bond motifs is 1. The molecule has 0 atom stereocenters. The minimum Gasteiger partial charge on any atom is -0.403 e. The molecule has 0 bridgehead atoms. The Morgan fingerprint density at radius 1 is 1.19 bits per heavy atom. The molecule has 13 heteroatoms. The highest BCUT2D eigenvalue weighted by molar-refractivity contribution is 6.44. The third kappa shape index (κ3) is 4.53. The summed E-state index contributed by atoms with van der Waals surface area (Å²) in [6.07, 6.45) is -2.93. The normalized spacial score (nSPS) is 17.8. The molecule has 0 saturated heterocycles. The summed E-state index contributed by atoms with van der Waals surface area (Å²) in [5, 5.41) is 4.72. The van der Waals surface area contributed by atoms with E-state index in [-0.39, 0.29) is 28.2 Å². The maximum Gasteiger partial charge on any atom is 0.293 e. The Bertz CT molecular complexity index is 1330. The van der Waals surface area contributed by atoms with Gasteiger partial charge in [-0.1, -0.05) is 0 Å². The summed E-state index contributed by atoms with van der Waals surface area (Å²) in [6, 6.07) is 2.72. The van der Waals surface area contributed by atoms with E-state index in [1.807, 2.05) is 0 Å². The lowest BCUT2D eigenvalue weighted by molar-refractivity contribution is -0.137. The van der Waals surface area contributed by atoms with Crippen LogP contribution in [0.3, 0.4) is 0 Å². The van der Waals surface area contributed by atoms with Crippen molar-refractivity contribution in [2.75, 3.05) is 5.32 Å². The predicted molar refractivity (Wildman–Crippen MR) is 123 cm³/mol. The quantitative estimate of drug-likeness (QED) is 0.250. The molecular formula is C24H24F5N5O3. The average Bonchev–Trinajstić information content (AvgIpc) is 3.36. The molecule has 37 heavy (non-hydrogen) atoms. The number of carbonyl (C=O) groups is 3. The van der Waals surface area contributed by atoms with Gasteiger partial charge in [-0.05, 0) is 43.5 Å². The second-order valence-electron chi connectivity index (χ2n) is 9.24. The van der Waals surface area contributed by atoms with Crippen molar-refractivity contribution in [2.24, 2.45) is 11.5 Å². The highest BCUT2D eigenvalue weighted by Crippen LogP contribution is 2.48. The molecule has 1 aromatic heterocycles. The van der Waals surface area contributed by atoms with Crippen molar-refractivity contribution in [3.63, 3.8) is 0 Å². The Morgan fingerprint density at radius 2 is 1.86 bits per heavy atom. The number of anilines is 1. The number of halogens is 5. The molecule has 2 aliphatic rings. The number of hydrogen-bond donors (Lipinski definition) is 4. The van der Waals surface area contributed by atoms with Crippen LogP contribution in [0.25, 0.3) is 0 Å². The van der Waals surface area contributed by atoms with Gasteiger partial charge in [-0.15, -0.1) is 0 Å². The van der Waals surface area contributed by atoms with Crippen LogP contribution in [-0.2, 0) is 17.8 Å². The molecule has 6 N–H and O–H groups in total. The summed E-state index contributed by atoms with van der Waals surface area (Å²) >= 11 is 0. The average molecular weight is 525 g/mol. The van der Waals surface area contributed by atoms with Crippen LogP contribution in [0.4, 0.5) is 27.6 Å². The predicted octanol–water partition coefficient (Wildman–Crippen LogP) is 3.30. The Kier molecular flexibility index (Phi) is 6.51. The first-order chi connectivity index (χ1) is 17.3. The van der Waals surface area contributed by atoms with E-state index in [9.17, 15) is 36.3 Å². The van der Waals surface area contributed by atoms with Crippen molar-refractivity contribution < 1.29 is 36.3 Å². The van der Waals surface area contributed by atoms with E-state index in [1.165, 1.54) is 6.92 Å². The van der Waals surface area contributed by atoms with E-state index in [1.54, 1.807) is 4.57 Å². The molecule has 1 aromatic carbocycles. The number of rotatable bonds is 7. The molecule has 0 spiro atoms. The van der Waals surface area contributed by atoms with Crippen LogP contribution in [0.1, 0.15) is 63.4 Å². The van der Waals surface area contributed by atoms with Gasteiger partial charge in [0.25, 0.3) is 29.9 Å². The Balaban J connectivity index is 1.63. The number of hydrogen-bond acceptors (Lipinski definition) is 5. The van der Waals surface area contributed by atoms with Gasteiger partial charge in [0.2, 0.25) is 0 Å². The summed E-state index contributed by atoms with van der Waals surface area (Å²) in [7, 11) is 0. The number of nitrogens with one attached hydrogen (secondary N) is 2. The van der Waals surface area contributed by atoms with Crippen LogP contribution in [0.2, 0.25) is 0 Å². The fraction of sp³-hybridized carbons (Fsp3) is 0.375. The SMILES string of the molecule is Cc1c(C(=O)C(=O)NC2(/C(N)=C/N)CC(F)(F)C2)c2n(c1C(=O)Nc1ccc(F)c(C(F)F)c1)CCC2. The molecule has 2 aromatic rings. The van der Waals surface area contributed by atoms with Crippen LogP contribution in [0.5, 0.6) is 0 Å². The van der Waals surface area contributed by atoms with E-state index in [0.29, 0.717) is 25.1 Å². The Labute approximate surface area is 207 Å². The first kappa shape index (κ1) is 26.2. The second-order valence-corrected chi connectivity index (χ2v) is 9.24. The van der Waals surface area contributed by atoms with Crippen LogP contribution in [-0.4, -0.2) is 33.6 Å². The number of aromatic nitrogens is 1. The van der Waals surface area contributed by atoms with E-state index < -0.39 is 59.7 Å². The molecule has 0 unspecified atom stereocenters. The van der Waals surface area contributed by atoms with Gasteiger partial charge in [-0.2, -0.15) is 0 Å². The number of nitrogens with two attached hydrogens (primary N) is 2. The molecule has 2 heterocycles. The van der Waals surface area contributed by atoms with Crippen molar-refractivity contribution >= 4 is 23.3 Å². The highest BCUT2D eigenvalue weighted by atomic mass is 19.3. The lowest BCUT2D eigenvalue weighted by atomic mass is 9.71. The number of carbonyl (C=O) groups excluding carboxylic acids is 3. The lowest BCUT2D eigenvalue weighted by Gasteiger charge is -2.47. The minimum absolute atomic E-state index is 0.0258. The Morgan fingerprint density at radius 3 is 2.46 bits per heavy atom. The molecule has 1 aliphatic carbocycles. The number of benzene rings is 1. The van der Waals surface area contributed by atoms with E-state index in [4.69, 9.17) is 11.5 Å². The molecular weight excluding hydrogens is 501 g/mol. The topological polar surface area (TPSA) is 132 Å². The summed E-state index contributed by atoms with van der Waals surface area (Å²) in [5.74, 6) is -7.19.